The van der Waals surface area contributed by atoms with Crippen LogP contribution in [0, 0.1) is 6.92 Å². The molecule has 22 heavy (non-hydrogen) atoms. The fourth-order valence-electron chi connectivity index (χ4n) is 2.64. The molecular weight excluding hydrogens is 282 g/mol. The van der Waals surface area contributed by atoms with E-state index in [-0.39, 0.29) is 11.5 Å². The van der Waals surface area contributed by atoms with Crippen molar-refractivity contribution in [2.45, 2.75) is 20.0 Å². The number of pyridine rings is 1. The quantitative estimate of drug-likeness (QED) is 0.866. The molecule has 0 unspecified atom stereocenters. The highest BCUT2D eigenvalue weighted by Crippen LogP contribution is 2.26. The molecule has 3 rings (SSSR count). The Balaban J connectivity index is 2.03. The smallest absolute Gasteiger partial charge is 0.258 e. The van der Waals surface area contributed by atoms with Crippen LogP contribution < -0.4 is 15.8 Å². The van der Waals surface area contributed by atoms with Gasteiger partial charge in [0.1, 0.15) is 11.6 Å². The maximum atomic E-state index is 12.3. The van der Waals surface area contributed by atoms with E-state index in [0.29, 0.717) is 35.9 Å². The summed E-state index contributed by atoms with van der Waals surface area (Å²) in [6, 6.07) is 3.44. The van der Waals surface area contributed by atoms with Crippen LogP contribution >= 0.6 is 0 Å². The molecule has 114 valence electrons. The maximum absolute atomic E-state index is 12.3. The number of hydrogen-bond acceptors (Lipinski definition) is 5. The highest BCUT2D eigenvalue weighted by atomic mass is 16.1. The lowest BCUT2D eigenvalue weighted by Gasteiger charge is -2.18. The molecule has 2 aromatic heterocycles. The van der Waals surface area contributed by atoms with Gasteiger partial charge in [-0.3, -0.25) is 14.2 Å². The molecule has 1 aliphatic heterocycles. The molecular formula is C15H17N5O2. The molecule has 0 saturated carbocycles. The van der Waals surface area contributed by atoms with Crippen LogP contribution in [0.2, 0.25) is 0 Å². The Hall–Kier alpha value is -2.70. The Morgan fingerprint density at radius 3 is 2.86 bits per heavy atom. The van der Waals surface area contributed by atoms with E-state index >= 15 is 0 Å². The monoisotopic (exact) mass is 299 g/mol. The third-order valence-electron chi connectivity index (χ3n) is 3.94. The topological polar surface area (TPSA) is 80.1 Å². The van der Waals surface area contributed by atoms with Crippen molar-refractivity contribution in [1.29, 1.82) is 0 Å². The Bertz CT molecular complexity index is 812. The normalized spacial score (nSPS) is 13.1. The maximum Gasteiger partial charge on any atom is 0.258 e. The standard InChI is InChI=1S/C15H17N5O2/c1-9-18-12-8-20(7-11(12)15(22)19(9)3)13-10(14(21)16-2)5-4-6-17-13/h4-6H,7-8H2,1-3H3,(H,16,21). The van der Waals surface area contributed by atoms with E-state index in [0.717, 1.165) is 5.69 Å². The minimum Gasteiger partial charge on any atom is -0.355 e. The lowest BCUT2D eigenvalue weighted by Crippen LogP contribution is -2.26. The summed E-state index contributed by atoms with van der Waals surface area (Å²) >= 11 is 0. The Morgan fingerprint density at radius 1 is 1.36 bits per heavy atom. The molecule has 3 heterocycles. The zero-order valence-corrected chi connectivity index (χ0v) is 12.8. The number of nitrogens with one attached hydrogen (secondary N) is 1. The molecule has 0 aromatic carbocycles. The molecule has 2 aromatic rings. The number of aromatic nitrogens is 3. The van der Waals surface area contributed by atoms with E-state index in [4.69, 9.17) is 0 Å². The zero-order chi connectivity index (χ0) is 15.9. The predicted molar refractivity (Wildman–Crippen MR) is 81.7 cm³/mol. The number of carbonyl (C=O) groups is 1. The molecule has 0 fully saturated rings. The number of aryl methyl sites for hydroxylation is 1. The van der Waals surface area contributed by atoms with E-state index in [1.165, 1.54) is 0 Å². The molecule has 0 aliphatic carbocycles. The summed E-state index contributed by atoms with van der Waals surface area (Å²) in [6.07, 6.45) is 1.64. The van der Waals surface area contributed by atoms with Crippen molar-refractivity contribution in [2.24, 2.45) is 7.05 Å². The second-order valence-electron chi connectivity index (χ2n) is 5.26. The summed E-state index contributed by atoms with van der Waals surface area (Å²) in [5.41, 5.74) is 1.88. The van der Waals surface area contributed by atoms with Crippen LogP contribution in [0.5, 0.6) is 0 Å². The van der Waals surface area contributed by atoms with Gasteiger partial charge in [-0.15, -0.1) is 0 Å². The van der Waals surface area contributed by atoms with Gasteiger partial charge in [0.05, 0.1) is 29.9 Å². The van der Waals surface area contributed by atoms with Crippen molar-refractivity contribution in [3.63, 3.8) is 0 Å². The predicted octanol–water partition coefficient (Wildman–Crippen LogP) is 0.364. The van der Waals surface area contributed by atoms with Gasteiger partial charge in [-0.25, -0.2) is 9.97 Å². The molecule has 7 nitrogen and oxygen atoms in total. The van der Waals surface area contributed by atoms with Crippen molar-refractivity contribution >= 4 is 11.7 Å². The van der Waals surface area contributed by atoms with E-state index in [1.54, 1.807) is 43.9 Å². The van der Waals surface area contributed by atoms with Gasteiger partial charge in [0.25, 0.3) is 11.5 Å². The van der Waals surface area contributed by atoms with Crippen LogP contribution in [0.25, 0.3) is 0 Å². The molecule has 0 radical (unpaired) electrons. The summed E-state index contributed by atoms with van der Waals surface area (Å²) < 4.78 is 1.54. The molecule has 1 aliphatic rings. The van der Waals surface area contributed by atoms with Crippen LogP contribution in [0.4, 0.5) is 5.82 Å². The summed E-state index contributed by atoms with van der Waals surface area (Å²) in [4.78, 5) is 35.0. The van der Waals surface area contributed by atoms with Crippen LogP contribution in [0.3, 0.4) is 0 Å². The highest BCUT2D eigenvalue weighted by Gasteiger charge is 2.28. The van der Waals surface area contributed by atoms with Gasteiger partial charge in [-0.1, -0.05) is 0 Å². The van der Waals surface area contributed by atoms with Crippen LogP contribution in [-0.2, 0) is 20.1 Å². The van der Waals surface area contributed by atoms with Gasteiger partial charge < -0.3 is 10.2 Å². The summed E-state index contributed by atoms with van der Waals surface area (Å²) in [5, 5.41) is 2.61. The second kappa shape index (κ2) is 5.25. The second-order valence-corrected chi connectivity index (χ2v) is 5.26. The molecule has 0 saturated heterocycles. The fourth-order valence-corrected chi connectivity index (χ4v) is 2.64. The van der Waals surface area contributed by atoms with Gasteiger partial charge in [-0.2, -0.15) is 0 Å². The Labute approximate surface area is 127 Å². The number of nitrogens with zero attached hydrogens (tertiary/aromatic N) is 4. The summed E-state index contributed by atoms with van der Waals surface area (Å²) in [7, 11) is 3.29. The average Bonchev–Trinajstić information content (AvgIpc) is 2.96. The molecule has 0 bridgehead atoms. The van der Waals surface area contributed by atoms with Gasteiger partial charge in [0, 0.05) is 20.3 Å². The van der Waals surface area contributed by atoms with E-state index in [1.807, 2.05) is 4.90 Å². The number of anilines is 1. The van der Waals surface area contributed by atoms with E-state index in [9.17, 15) is 9.59 Å². The van der Waals surface area contributed by atoms with Gasteiger partial charge >= 0.3 is 0 Å². The largest absolute Gasteiger partial charge is 0.355 e. The lowest BCUT2D eigenvalue weighted by atomic mass is 10.2. The van der Waals surface area contributed by atoms with Crippen molar-refractivity contribution in [3.8, 4) is 0 Å². The Kier molecular flexibility index (Phi) is 3.40. The zero-order valence-electron chi connectivity index (χ0n) is 12.8. The first-order valence-corrected chi connectivity index (χ1v) is 7.00. The summed E-state index contributed by atoms with van der Waals surface area (Å²) in [5.74, 6) is 1.05. The van der Waals surface area contributed by atoms with E-state index in [2.05, 4.69) is 15.3 Å². The average molecular weight is 299 g/mol. The van der Waals surface area contributed by atoms with Crippen molar-refractivity contribution in [1.82, 2.24) is 19.9 Å². The van der Waals surface area contributed by atoms with E-state index < -0.39 is 0 Å². The van der Waals surface area contributed by atoms with Crippen LogP contribution in [0.1, 0.15) is 27.4 Å². The third-order valence-corrected chi connectivity index (χ3v) is 3.94. The number of hydrogen-bond donors (Lipinski definition) is 1. The molecule has 0 atom stereocenters. The number of amides is 1. The summed E-state index contributed by atoms with van der Waals surface area (Å²) in [6.45, 7) is 2.70. The third kappa shape index (κ3) is 2.14. The first-order chi connectivity index (χ1) is 10.5. The first kappa shape index (κ1) is 14.2. The molecule has 0 spiro atoms. The van der Waals surface area contributed by atoms with Crippen LogP contribution in [0.15, 0.2) is 23.1 Å². The molecule has 7 heteroatoms. The highest BCUT2D eigenvalue weighted by molar-refractivity contribution is 5.98. The van der Waals surface area contributed by atoms with Gasteiger partial charge in [-0.05, 0) is 19.1 Å². The van der Waals surface area contributed by atoms with Crippen LogP contribution in [-0.4, -0.2) is 27.5 Å². The Morgan fingerprint density at radius 2 is 2.14 bits per heavy atom. The van der Waals surface area contributed by atoms with Crippen molar-refractivity contribution < 1.29 is 4.79 Å². The number of fused-ring (bicyclic) bond motifs is 1. The number of rotatable bonds is 2. The van der Waals surface area contributed by atoms with Crippen molar-refractivity contribution in [3.05, 3.63) is 51.3 Å². The fraction of sp³-hybridized carbons (Fsp3) is 0.333. The lowest BCUT2D eigenvalue weighted by molar-refractivity contribution is 0.0963. The van der Waals surface area contributed by atoms with Gasteiger partial charge in [0.15, 0.2) is 0 Å². The number of carbonyl (C=O) groups excluding carboxylic acids is 1. The minimum absolute atomic E-state index is 0.0394. The SMILES string of the molecule is CNC(=O)c1cccnc1N1Cc2nc(C)n(C)c(=O)c2C1. The molecule has 1 amide bonds. The molecule has 1 N–H and O–H groups in total. The minimum atomic E-state index is -0.198. The van der Waals surface area contributed by atoms with Crippen molar-refractivity contribution in [2.75, 3.05) is 11.9 Å². The first-order valence-electron chi connectivity index (χ1n) is 7.00. The van der Waals surface area contributed by atoms with Gasteiger partial charge in [0.2, 0.25) is 0 Å².